The fourth-order valence-electron chi connectivity index (χ4n) is 3.82. The average molecular weight is 464 g/mol. The van der Waals surface area contributed by atoms with Crippen LogP contribution in [0.2, 0.25) is 0 Å². The number of benzene rings is 3. The molecule has 0 amide bonds. The zero-order valence-corrected chi connectivity index (χ0v) is 19.8. The van der Waals surface area contributed by atoms with Gasteiger partial charge < -0.3 is 9.47 Å². The van der Waals surface area contributed by atoms with Crippen LogP contribution in [0.15, 0.2) is 91.0 Å². The molecule has 0 aliphatic carbocycles. The van der Waals surface area contributed by atoms with Crippen LogP contribution in [0.4, 0.5) is 0 Å². The molecule has 2 atom stereocenters. The van der Waals surface area contributed by atoms with Gasteiger partial charge in [-0.2, -0.15) is 0 Å². The predicted octanol–water partition coefficient (Wildman–Crippen LogP) is 4.55. The molecule has 3 aromatic carbocycles. The Hall–Kier alpha value is -2.72. The van der Waals surface area contributed by atoms with Crippen molar-refractivity contribution in [1.29, 1.82) is 0 Å². The van der Waals surface area contributed by atoms with Crippen LogP contribution in [0.1, 0.15) is 24.1 Å². The smallest absolute Gasteiger partial charge is 0.330 e. The summed E-state index contributed by atoms with van der Waals surface area (Å²) in [5.74, 6) is 0.427. The van der Waals surface area contributed by atoms with Crippen LogP contribution in [0, 0.1) is 6.92 Å². The van der Waals surface area contributed by atoms with E-state index in [9.17, 15) is 4.79 Å². The highest BCUT2D eigenvalue weighted by atomic mass is 32.4. The van der Waals surface area contributed by atoms with E-state index >= 15 is 0 Å². The van der Waals surface area contributed by atoms with Gasteiger partial charge in [-0.1, -0.05) is 84.6 Å². The minimum atomic E-state index is -2.38. The summed E-state index contributed by atoms with van der Waals surface area (Å²) in [6.45, 7) is 4.15. The largest absolute Gasteiger partial charge is 0.484 e. The molecule has 1 aliphatic rings. The van der Waals surface area contributed by atoms with Crippen LogP contribution in [-0.2, 0) is 21.3 Å². The fourth-order valence-corrected chi connectivity index (χ4v) is 7.35. The van der Waals surface area contributed by atoms with Crippen molar-refractivity contribution in [3.8, 4) is 5.75 Å². The maximum absolute atomic E-state index is 12.0. The van der Waals surface area contributed by atoms with E-state index < -0.39 is 6.19 Å². The second-order valence-corrected chi connectivity index (χ2v) is 11.8. The van der Waals surface area contributed by atoms with Crippen LogP contribution in [0.5, 0.6) is 5.75 Å². The molecule has 1 aliphatic heterocycles. The summed E-state index contributed by atoms with van der Waals surface area (Å²) < 4.78 is 11.3. The highest BCUT2D eigenvalue weighted by Gasteiger charge is 2.37. The van der Waals surface area contributed by atoms with Crippen molar-refractivity contribution >= 4 is 34.6 Å². The van der Waals surface area contributed by atoms with E-state index in [0.29, 0.717) is 6.61 Å². The SMILES string of the molecule is CCOC(=O)/C=C/[C@H]1Oc2cc(C)ccc2[C@H]1NP(=S)(c1ccccc1)c1ccccc1. The lowest BCUT2D eigenvalue weighted by Gasteiger charge is -2.30. The van der Waals surface area contributed by atoms with Crippen molar-refractivity contribution in [3.63, 3.8) is 0 Å². The van der Waals surface area contributed by atoms with Gasteiger partial charge in [0.25, 0.3) is 0 Å². The molecule has 0 saturated heterocycles. The highest BCUT2D eigenvalue weighted by Crippen LogP contribution is 2.47. The number of aryl methyl sites for hydroxylation is 1. The number of nitrogens with one attached hydrogen (secondary N) is 1. The quantitative estimate of drug-likeness (QED) is 0.317. The molecule has 4 rings (SSSR count). The molecule has 32 heavy (non-hydrogen) atoms. The van der Waals surface area contributed by atoms with E-state index in [-0.39, 0.29) is 18.1 Å². The second-order valence-electron chi connectivity index (χ2n) is 7.62. The van der Waals surface area contributed by atoms with Gasteiger partial charge in [0, 0.05) is 22.2 Å². The van der Waals surface area contributed by atoms with Crippen LogP contribution in [-0.4, -0.2) is 18.7 Å². The molecule has 0 unspecified atom stereocenters. The van der Waals surface area contributed by atoms with E-state index in [1.165, 1.54) is 6.08 Å². The molecule has 4 nitrogen and oxygen atoms in total. The summed E-state index contributed by atoms with van der Waals surface area (Å²) in [7, 11) is 0. The molecular weight excluding hydrogens is 437 g/mol. The molecule has 164 valence electrons. The fraction of sp³-hybridized carbons (Fsp3) is 0.192. The van der Waals surface area contributed by atoms with Crippen LogP contribution < -0.4 is 20.4 Å². The third-order valence-electron chi connectivity index (χ3n) is 5.36. The number of ether oxygens (including phenoxy) is 2. The van der Waals surface area contributed by atoms with Gasteiger partial charge >= 0.3 is 5.97 Å². The van der Waals surface area contributed by atoms with Crippen LogP contribution in [0.3, 0.4) is 0 Å². The summed E-state index contributed by atoms with van der Waals surface area (Å²) in [5.41, 5.74) is 2.15. The Balaban J connectivity index is 1.76. The molecule has 0 spiro atoms. The van der Waals surface area contributed by atoms with Crippen molar-refractivity contribution in [2.24, 2.45) is 0 Å². The Bertz CT molecular complexity index is 1120. The summed E-state index contributed by atoms with van der Waals surface area (Å²) in [6.07, 6.45) is 0.437. The van der Waals surface area contributed by atoms with Gasteiger partial charge in [0.1, 0.15) is 11.9 Å². The van der Waals surface area contributed by atoms with E-state index in [0.717, 1.165) is 27.5 Å². The summed E-state index contributed by atoms with van der Waals surface area (Å²) in [5, 5.41) is 5.96. The highest BCUT2D eigenvalue weighted by molar-refractivity contribution is 8.20. The molecule has 0 radical (unpaired) electrons. The third kappa shape index (κ3) is 4.71. The van der Waals surface area contributed by atoms with Crippen molar-refractivity contribution in [3.05, 3.63) is 102 Å². The first-order valence-corrected chi connectivity index (χ1v) is 13.4. The molecule has 6 heteroatoms. The van der Waals surface area contributed by atoms with Crippen molar-refractivity contribution < 1.29 is 14.3 Å². The molecular formula is C26H26NO3PS. The van der Waals surface area contributed by atoms with Gasteiger partial charge in [-0.15, -0.1) is 0 Å². The Morgan fingerprint density at radius 3 is 2.28 bits per heavy atom. The minimum absolute atomic E-state index is 0.206. The Morgan fingerprint density at radius 1 is 1.06 bits per heavy atom. The van der Waals surface area contributed by atoms with Crippen LogP contribution in [0.25, 0.3) is 0 Å². The molecule has 1 N–H and O–H groups in total. The van der Waals surface area contributed by atoms with Gasteiger partial charge in [-0.05, 0) is 31.6 Å². The van der Waals surface area contributed by atoms with Gasteiger partial charge in [-0.3, -0.25) is 5.09 Å². The minimum Gasteiger partial charge on any atom is -0.484 e. The number of esters is 1. The monoisotopic (exact) mass is 463 g/mol. The first-order chi connectivity index (χ1) is 15.5. The maximum atomic E-state index is 12.0. The van der Waals surface area contributed by atoms with Gasteiger partial charge in [0.2, 0.25) is 0 Å². The molecule has 3 aromatic rings. The molecule has 0 aromatic heterocycles. The Morgan fingerprint density at radius 2 is 1.69 bits per heavy atom. The predicted molar refractivity (Wildman–Crippen MR) is 134 cm³/mol. The Labute approximate surface area is 194 Å². The third-order valence-corrected chi connectivity index (χ3v) is 9.64. The van der Waals surface area contributed by atoms with Crippen molar-refractivity contribution in [2.45, 2.75) is 26.0 Å². The number of carbonyl (C=O) groups excluding carboxylic acids is 1. The lowest BCUT2D eigenvalue weighted by Crippen LogP contribution is -2.34. The number of fused-ring (bicyclic) bond motifs is 1. The van der Waals surface area contributed by atoms with Crippen LogP contribution >= 0.6 is 6.19 Å². The summed E-state index contributed by atoms with van der Waals surface area (Å²) >= 11 is 6.39. The molecule has 0 saturated carbocycles. The number of rotatable bonds is 7. The number of hydrogen-bond acceptors (Lipinski definition) is 4. The van der Waals surface area contributed by atoms with Gasteiger partial charge in [-0.25, -0.2) is 4.79 Å². The molecule has 1 heterocycles. The average Bonchev–Trinajstić information content (AvgIpc) is 3.15. The zero-order valence-electron chi connectivity index (χ0n) is 18.1. The zero-order chi connectivity index (χ0) is 22.6. The topological polar surface area (TPSA) is 47.6 Å². The van der Waals surface area contributed by atoms with Gasteiger partial charge in [0.05, 0.1) is 18.8 Å². The maximum Gasteiger partial charge on any atom is 0.330 e. The standard InChI is InChI=1S/C26H26NO3PS/c1-3-29-25(28)17-16-23-26(22-15-14-19(2)18-24(22)30-23)27-31(32,20-10-6-4-7-11-20)21-12-8-5-9-13-21/h4-18,23,26H,3H2,1-2H3,(H,27,32)/b17-16+/t23-,26-/m1/s1. The first-order valence-electron chi connectivity index (χ1n) is 10.6. The van der Waals surface area contributed by atoms with E-state index in [2.05, 4.69) is 41.5 Å². The van der Waals surface area contributed by atoms with E-state index in [4.69, 9.17) is 21.3 Å². The van der Waals surface area contributed by atoms with Crippen molar-refractivity contribution in [1.82, 2.24) is 5.09 Å². The van der Waals surface area contributed by atoms with E-state index in [1.807, 2.05) is 49.4 Å². The Kier molecular flexibility index (Phi) is 6.90. The molecule has 0 fully saturated rings. The summed E-state index contributed by atoms with van der Waals surface area (Å²) in [6, 6.07) is 26.3. The lowest BCUT2D eigenvalue weighted by molar-refractivity contribution is -0.137. The van der Waals surface area contributed by atoms with Crippen molar-refractivity contribution in [2.75, 3.05) is 6.61 Å². The number of carbonyl (C=O) groups is 1. The van der Waals surface area contributed by atoms with E-state index in [1.54, 1.807) is 13.0 Å². The first kappa shape index (κ1) is 22.5. The molecule has 0 bridgehead atoms. The van der Waals surface area contributed by atoms with Gasteiger partial charge in [0.15, 0.2) is 0 Å². The lowest BCUT2D eigenvalue weighted by atomic mass is 10.0. The number of hydrogen-bond donors (Lipinski definition) is 1. The second kappa shape index (κ2) is 9.83. The summed E-state index contributed by atoms with van der Waals surface area (Å²) in [4.78, 5) is 12.0. The normalized spacial score (nSPS) is 17.7.